The number of rotatable bonds is 7. The third kappa shape index (κ3) is 4.73. The number of fused-ring (bicyclic) bond motifs is 1. The standard InChI is InChI=1S/C18H22BrN3O2S/c1-5-21(10-12(3)4)16(23)11-25-18-20-15-8-7-13(19)9-14(15)17(24)22(18)6-2/h7-9H,3,5-6,10-11H2,1-2,4H3. The van der Waals surface area contributed by atoms with Gasteiger partial charge < -0.3 is 4.90 Å². The monoisotopic (exact) mass is 423 g/mol. The SMILES string of the molecule is C=C(C)CN(CC)C(=O)CSc1nc2ccc(Br)cc2c(=O)n1CC. The van der Waals surface area contributed by atoms with Crippen LogP contribution in [0, 0.1) is 0 Å². The Bertz CT molecular complexity index is 863. The van der Waals surface area contributed by atoms with Crippen LogP contribution in [0.2, 0.25) is 0 Å². The lowest BCUT2D eigenvalue weighted by molar-refractivity contribution is -0.127. The van der Waals surface area contributed by atoms with Crippen LogP contribution in [-0.4, -0.2) is 39.2 Å². The highest BCUT2D eigenvalue weighted by molar-refractivity contribution is 9.10. The number of benzene rings is 1. The van der Waals surface area contributed by atoms with Crippen molar-refractivity contribution in [1.82, 2.24) is 14.5 Å². The van der Waals surface area contributed by atoms with E-state index < -0.39 is 0 Å². The number of aromatic nitrogens is 2. The van der Waals surface area contributed by atoms with Crippen LogP contribution in [-0.2, 0) is 11.3 Å². The number of thioether (sulfide) groups is 1. The summed E-state index contributed by atoms with van der Waals surface area (Å²) in [4.78, 5) is 31.4. The molecule has 0 aliphatic heterocycles. The number of hydrogen-bond acceptors (Lipinski definition) is 4. The Balaban J connectivity index is 2.29. The molecule has 25 heavy (non-hydrogen) atoms. The first-order valence-electron chi connectivity index (χ1n) is 8.12. The minimum atomic E-state index is -0.0852. The van der Waals surface area contributed by atoms with Gasteiger partial charge in [0.15, 0.2) is 5.16 Å². The lowest BCUT2D eigenvalue weighted by Gasteiger charge is -2.21. The maximum atomic E-state index is 12.7. The van der Waals surface area contributed by atoms with Gasteiger partial charge in [0, 0.05) is 24.1 Å². The molecule has 0 atom stereocenters. The van der Waals surface area contributed by atoms with Gasteiger partial charge in [-0.2, -0.15) is 0 Å². The molecule has 134 valence electrons. The molecule has 0 aliphatic carbocycles. The van der Waals surface area contributed by atoms with E-state index >= 15 is 0 Å². The third-order valence-corrected chi connectivity index (χ3v) is 5.17. The third-order valence-electron chi connectivity index (χ3n) is 3.72. The van der Waals surface area contributed by atoms with Crippen LogP contribution in [0.4, 0.5) is 0 Å². The first-order chi connectivity index (χ1) is 11.9. The molecule has 0 aliphatic rings. The molecule has 0 N–H and O–H groups in total. The minimum Gasteiger partial charge on any atom is -0.338 e. The number of carbonyl (C=O) groups excluding carboxylic acids is 1. The molecule has 2 aromatic rings. The van der Waals surface area contributed by atoms with Gasteiger partial charge in [-0.05, 0) is 39.0 Å². The number of nitrogens with zero attached hydrogens (tertiary/aromatic N) is 3. The molecule has 1 aromatic carbocycles. The van der Waals surface area contributed by atoms with Gasteiger partial charge in [-0.15, -0.1) is 0 Å². The highest BCUT2D eigenvalue weighted by Crippen LogP contribution is 2.21. The van der Waals surface area contributed by atoms with Crippen LogP contribution >= 0.6 is 27.7 Å². The van der Waals surface area contributed by atoms with Gasteiger partial charge in [-0.1, -0.05) is 39.8 Å². The van der Waals surface area contributed by atoms with Gasteiger partial charge in [-0.3, -0.25) is 14.2 Å². The molecule has 0 saturated carbocycles. The second kappa shape index (κ2) is 8.67. The fraction of sp³-hybridized carbons (Fsp3) is 0.389. The smallest absolute Gasteiger partial charge is 0.262 e. The molecular weight excluding hydrogens is 402 g/mol. The summed E-state index contributed by atoms with van der Waals surface area (Å²) < 4.78 is 2.46. The van der Waals surface area contributed by atoms with Crippen LogP contribution in [0.1, 0.15) is 20.8 Å². The number of carbonyl (C=O) groups is 1. The fourth-order valence-corrected chi connectivity index (χ4v) is 3.81. The zero-order chi connectivity index (χ0) is 18.6. The van der Waals surface area contributed by atoms with Crippen molar-refractivity contribution in [3.8, 4) is 0 Å². The van der Waals surface area contributed by atoms with E-state index in [1.807, 2.05) is 32.9 Å². The van der Waals surface area contributed by atoms with E-state index in [4.69, 9.17) is 0 Å². The molecule has 1 aromatic heterocycles. The molecule has 1 heterocycles. The van der Waals surface area contributed by atoms with Crippen molar-refractivity contribution in [1.29, 1.82) is 0 Å². The van der Waals surface area contributed by atoms with Gasteiger partial charge in [0.1, 0.15) is 0 Å². The molecule has 7 heteroatoms. The van der Waals surface area contributed by atoms with Crippen molar-refractivity contribution in [2.75, 3.05) is 18.8 Å². The molecule has 1 amide bonds. The predicted octanol–water partition coefficient (Wildman–Crippen LogP) is 3.70. The normalized spacial score (nSPS) is 10.9. The van der Waals surface area contributed by atoms with E-state index in [9.17, 15) is 9.59 Å². The molecular formula is C18H22BrN3O2S. The molecule has 0 fully saturated rings. The Morgan fingerprint density at radius 2 is 2.12 bits per heavy atom. The lowest BCUT2D eigenvalue weighted by Crippen LogP contribution is -2.33. The summed E-state index contributed by atoms with van der Waals surface area (Å²) in [5.74, 6) is 0.263. The summed E-state index contributed by atoms with van der Waals surface area (Å²) in [6, 6.07) is 5.45. The average molecular weight is 424 g/mol. The Hall–Kier alpha value is -1.60. The van der Waals surface area contributed by atoms with Gasteiger partial charge in [0.25, 0.3) is 5.56 Å². The van der Waals surface area contributed by atoms with E-state index in [0.29, 0.717) is 35.7 Å². The molecule has 0 spiro atoms. The molecule has 0 saturated heterocycles. The topological polar surface area (TPSA) is 55.2 Å². The fourth-order valence-electron chi connectivity index (χ4n) is 2.48. The summed E-state index contributed by atoms with van der Waals surface area (Å²) in [7, 11) is 0. The molecule has 0 radical (unpaired) electrons. The maximum Gasteiger partial charge on any atom is 0.262 e. The summed E-state index contributed by atoms with van der Waals surface area (Å²) in [5.41, 5.74) is 1.50. The second-order valence-corrected chi connectivity index (χ2v) is 7.62. The molecule has 0 bridgehead atoms. The van der Waals surface area contributed by atoms with Crippen LogP contribution in [0.15, 0.2) is 44.8 Å². The number of likely N-dealkylation sites (N-methyl/N-ethyl adjacent to an activating group) is 1. The maximum absolute atomic E-state index is 12.7. The average Bonchev–Trinajstić information content (AvgIpc) is 2.58. The van der Waals surface area contributed by atoms with Crippen LogP contribution < -0.4 is 5.56 Å². The van der Waals surface area contributed by atoms with E-state index in [0.717, 1.165) is 10.0 Å². The van der Waals surface area contributed by atoms with Crippen LogP contribution in [0.5, 0.6) is 0 Å². The molecule has 0 unspecified atom stereocenters. The van der Waals surface area contributed by atoms with E-state index in [1.165, 1.54) is 11.8 Å². The van der Waals surface area contributed by atoms with E-state index in [2.05, 4.69) is 27.5 Å². The minimum absolute atomic E-state index is 0.0169. The first-order valence-corrected chi connectivity index (χ1v) is 9.90. The van der Waals surface area contributed by atoms with Gasteiger partial charge >= 0.3 is 0 Å². The highest BCUT2D eigenvalue weighted by Gasteiger charge is 2.16. The predicted molar refractivity (Wildman–Crippen MR) is 107 cm³/mol. The summed E-state index contributed by atoms with van der Waals surface area (Å²) in [5, 5.41) is 1.14. The zero-order valence-corrected chi connectivity index (χ0v) is 17.1. The van der Waals surface area contributed by atoms with E-state index in [1.54, 1.807) is 15.5 Å². The Morgan fingerprint density at radius 3 is 2.72 bits per heavy atom. The van der Waals surface area contributed by atoms with Crippen molar-refractivity contribution in [2.45, 2.75) is 32.5 Å². The van der Waals surface area contributed by atoms with Crippen LogP contribution in [0.25, 0.3) is 10.9 Å². The van der Waals surface area contributed by atoms with Crippen LogP contribution in [0.3, 0.4) is 0 Å². The van der Waals surface area contributed by atoms with Crippen molar-refractivity contribution in [2.24, 2.45) is 0 Å². The Labute approximate surface area is 160 Å². The summed E-state index contributed by atoms with van der Waals surface area (Å²) in [6.45, 7) is 11.3. The largest absolute Gasteiger partial charge is 0.338 e. The van der Waals surface area contributed by atoms with Crippen molar-refractivity contribution >= 4 is 44.5 Å². The Morgan fingerprint density at radius 1 is 1.40 bits per heavy atom. The van der Waals surface area contributed by atoms with Gasteiger partial charge in [0.2, 0.25) is 5.91 Å². The first kappa shape index (κ1) is 19.7. The lowest BCUT2D eigenvalue weighted by atomic mass is 10.2. The highest BCUT2D eigenvalue weighted by atomic mass is 79.9. The van der Waals surface area contributed by atoms with E-state index in [-0.39, 0.29) is 17.2 Å². The Kier molecular flexibility index (Phi) is 6.84. The van der Waals surface area contributed by atoms with Crippen molar-refractivity contribution < 1.29 is 4.79 Å². The van der Waals surface area contributed by atoms with Gasteiger partial charge in [-0.25, -0.2) is 4.98 Å². The van der Waals surface area contributed by atoms with Gasteiger partial charge in [0.05, 0.1) is 16.7 Å². The quantitative estimate of drug-likeness (QED) is 0.387. The molecule has 5 nitrogen and oxygen atoms in total. The second-order valence-electron chi connectivity index (χ2n) is 5.76. The zero-order valence-electron chi connectivity index (χ0n) is 14.7. The van der Waals surface area contributed by atoms with Crippen molar-refractivity contribution in [3.05, 3.63) is 45.2 Å². The number of halogens is 1. The molecule has 2 rings (SSSR count). The number of hydrogen-bond donors (Lipinski definition) is 0. The summed E-state index contributed by atoms with van der Waals surface area (Å²) >= 11 is 4.69. The number of amides is 1. The summed E-state index contributed by atoms with van der Waals surface area (Å²) in [6.07, 6.45) is 0. The van der Waals surface area contributed by atoms with Crippen molar-refractivity contribution in [3.63, 3.8) is 0 Å².